The van der Waals surface area contributed by atoms with Crippen molar-refractivity contribution >= 4 is 0 Å². The van der Waals surface area contributed by atoms with E-state index in [-0.39, 0.29) is 63.3 Å². The van der Waals surface area contributed by atoms with Crippen molar-refractivity contribution in [1.29, 1.82) is 0 Å². The molecule has 0 amide bonds. The molecular formula is C55H76N2O6. The van der Waals surface area contributed by atoms with Gasteiger partial charge in [-0.05, 0) is 141 Å². The Labute approximate surface area is 376 Å². The molecule has 1 aromatic heterocycles. The van der Waals surface area contributed by atoms with Gasteiger partial charge in [-0.1, -0.05) is 78.7 Å². The molecule has 63 heavy (non-hydrogen) atoms. The van der Waals surface area contributed by atoms with Gasteiger partial charge >= 0.3 is 0 Å². The monoisotopic (exact) mass is 861 g/mol. The fraction of sp³-hybridized carbons (Fsp3) is 0.855. The summed E-state index contributed by atoms with van der Waals surface area (Å²) in [4.78, 5) is 11.5. The second-order valence-corrected chi connectivity index (χ2v) is 26.0. The Morgan fingerprint density at radius 1 is 0.619 bits per heavy atom. The van der Waals surface area contributed by atoms with Crippen molar-refractivity contribution in [3.63, 3.8) is 0 Å². The molecule has 0 radical (unpaired) electrons. The van der Waals surface area contributed by atoms with Crippen molar-refractivity contribution in [1.82, 2.24) is 9.97 Å². The first-order valence-electron chi connectivity index (χ1n) is 26.4. The van der Waals surface area contributed by atoms with Crippen LogP contribution in [-0.2, 0) is 49.4 Å². The summed E-state index contributed by atoms with van der Waals surface area (Å²) in [5.41, 5.74) is 8.13. The van der Waals surface area contributed by atoms with E-state index in [1.807, 2.05) is 0 Å². The summed E-state index contributed by atoms with van der Waals surface area (Å²) in [5, 5.41) is 12.5. The van der Waals surface area contributed by atoms with Gasteiger partial charge in [0.25, 0.3) is 0 Å². The molecule has 4 saturated carbocycles. The minimum Gasteiger partial charge on any atom is -0.392 e. The number of rotatable bonds is 0. The molecule has 342 valence electrons. The van der Waals surface area contributed by atoms with Gasteiger partial charge in [-0.2, -0.15) is 0 Å². The zero-order valence-corrected chi connectivity index (χ0v) is 39.7. The first kappa shape index (κ1) is 40.4. The topological polar surface area (TPSA) is 92.2 Å². The molecule has 22 atom stereocenters. The summed E-state index contributed by atoms with van der Waals surface area (Å²) in [6, 6.07) is 0. The molecule has 14 rings (SSSR count). The molecule has 13 aliphatic rings. The fourth-order valence-electron chi connectivity index (χ4n) is 20.0. The Kier molecular flexibility index (Phi) is 8.14. The molecule has 5 saturated heterocycles. The number of hydrogen-bond donors (Lipinski definition) is 1. The van der Waals surface area contributed by atoms with Crippen molar-refractivity contribution in [3.05, 3.63) is 46.1 Å². The first-order valence-corrected chi connectivity index (χ1v) is 26.4. The highest BCUT2D eigenvalue weighted by Crippen LogP contribution is 2.76. The Hall–Kier alpha value is -1.68. The Morgan fingerprint density at radius 2 is 1.22 bits per heavy atom. The van der Waals surface area contributed by atoms with Gasteiger partial charge in [0.05, 0.1) is 54.8 Å². The van der Waals surface area contributed by atoms with E-state index in [0.29, 0.717) is 53.3 Å². The van der Waals surface area contributed by atoms with E-state index >= 15 is 0 Å². The molecule has 8 aliphatic carbocycles. The SMILES string of the molecule is C[C@@H]1CC[C@@]2(OC1)O[C@H]1C=C3C4CCC5Cc6nc7c(nc6C[C@]5(C)C4C[C@@H]4CO[C@@]1([C@@H]2C)[C@]34C)CC1CCC2C3=C[C@@H]4O[C@]5(CC[C@@H](C)CO5)[C@@H](C)[C@@H]4[C@@]3(C)[C@H](O)CC2[C@@]1(C)C7. The third kappa shape index (κ3) is 4.68. The maximum Gasteiger partial charge on any atom is 0.174 e. The van der Waals surface area contributed by atoms with E-state index < -0.39 is 11.6 Å². The van der Waals surface area contributed by atoms with E-state index in [9.17, 15) is 5.11 Å². The van der Waals surface area contributed by atoms with Crippen molar-refractivity contribution in [2.45, 2.75) is 181 Å². The van der Waals surface area contributed by atoms with Crippen LogP contribution in [0.15, 0.2) is 23.3 Å². The van der Waals surface area contributed by atoms with Crippen LogP contribution in [0, 0.1) is 92.7 Å². The molecule has 1 aromatic rings. The predicted octanol–water partition coefficient (Wildman–Crippen LogP) is 9.39. The zero-order chi connectivity index (χ0) is 43.0. The Morgan fingerprint density at radius 3 is 1.84 bits per heavy atom. The standard InChI is InChI=1S/C55H76N2O6/c1-28-13-15-53(59-25-28)30(3)48-45(62-53)20-39-35-11-9-33-19-42-44(24-50(33,6)38(35)21-46(58)51(39,48)7)57-41-18-32-10-12-36-37(49(32,5)23-43(41)56-42)17-34-27-61-55-31(4)54(16-14-29(2)26-60-54)63-47(55)22-40(36)52(34,55)8/h20,22,28-38,45-48,58H,9-19,21,23-27H2,1-8H3/t28-,29-,30+,31-,32?,33?,34-,35?,36?,37?,38?,45+,46-,47+,48+,49+,50+,51-,52+,53-,54-,55-/m1/s1. The molecule has 5 aliphatic heterocycles. The zero-order valence-electron chi connectivity index (χ0n) is 39.7. The minimum absolute atomic E-state index is 0.00649. The molecule has 9 fully saturated rings. The lowest BCUT2D eigenvalue weighted by Gasteiger charge is -2.61. The van der Waals surface area contributed by atoms with Gasteiger partial charge < -0.3 is 28.8 Å². The smallest absolute Gasteiger partial charge is 0.174 e. The predicted molar refractivity (Wildman–Crippen MR) is 238 cm³/mol. The summed E-state index contributed by atoms with van der Waals surface area (Å²) in [5.74, 6) is 4.81. The van der Waals surface area contributed by atoms with Crippen LogP contribution in [0.2, 0.25) is 0 Å². The van der Waals surface area contributed by atoms with Crippen LogP contribution < -0.4 is 0 Å². The summed E-state index contributed by atoms with van der Waals surface area (Å²) >= 11 is 0. The maximum atomic E-state index is 12.5. The molecule has 0 aromatic carbocycles. The van der Waals surface area contributed by atoms with Gasteiger partial charge in [0.1, 0.15) is 11.7 Å². The lowest BCUT2D eigenvalue weighted by atomic mass is 9.43. The van der Waals surface area contributed by atoms with Crippen LogP contribution >= 0.6 is 0 Å². The van der Waals surface area contributed by atoms with Gasteiger partial charge in [-0.25, -0.2) is 0 Å². The van der Waals surface area contributed by atoms with Gasteiger partial charge in [0.15, 0.2) is 11.6 Å². The van der Waals surface area contributed by atoms with Crippen LogP contribution in [0.4, 0.5) is 0 Å². The van der Waals surface area contributed by atoms with Gasteiger partial charge in [0.2, 0.25) is 0 Å². The second-order valence-electron chi connectivity index (χ2n) is 26.0. The first-order chi connectivity index (χ1) is 30.1. The third-order valence-corrected chi connectivity index (χ3v) is 23.8. The van der Waals surface area contributed by atoms with Crippen LogP contribution in [0.3, 0.4) is 0 Å². The highest BCUT2D eigenvalue weighted by atomic mass is 16.7. The van der Waals surface area contributed by atoms with Gasteiger partial charge in [0, 0.05) is 41.4 Å². The lowest BCUT2D eigenvalue weighted by molar-refractivity contribution is -0.266. The van der Waals surface area contributed by atoms with Crippen molar-refractivity contribution in [3.8, 4) is 0 Å². The van der Waals surface area contributed by atoms with E-state index in [1.165, 1.54) is 60.5 Å². The number of aliphatic hydroxyl groups excluding tert-OH is 1. The lowest BCUT2D eigenvalue weighted by Crippen LogP contribution is -2.60. The number of aromatic nitrogens is 2. The van der Waals surface area contributed by atoms with Crippen LogP contribution in [-0.4, -0.2) is 70.4 Å². The van der Waals surface area contributed by atoms with E-state index in [2.05, 4.69) is 67.5 Å². The summed E-state index contributed by atoms with van der Waals surface area (Å²) in [6.45, 7) is 22.0. The largest absolute Gasteiger partial charge is 0.392 e. The quantitative estimate of drug-likeness (QED) is 0.258. The summed E-state index contributed by atoms with van der Waals surface area (Å²) in [7, 11) is 0. The summed E-state index contributed by atoms with van der Waals surface area (Å²) < 4.78 is 34.6. The second kappa shape index (κ2) is 12.7. The van der Waals surface area contributed by atoms with Crippen LogP contribution in [0.5, 0.6) is 0 Å². The van der Waals surface area contributed by atoms with Crippen LogP contribution in [0.25, 0.3) is 0 Å². The summed E-state index contributed by atoms with van der Waals surface area (Å²) in [6.07, 6.45) is 20.3. The average Bonchev–Trinajstić information content (AvgIpc) is 3.96. The fourth-order valence-corrected chi connectivity index (χ4v) is 20.0. The van der Waals surface area contributed by atoms with Crippen molar-refractivity contribution < 1.29 is 28.8 Å². The van der Waals surface area contributed by atoms with Gasteiger partial charge in [-0.3, -0.25) is 9.97 Å². The number of ether oxygens (including phenoxy) is 5. The van der Waals surface area contributed by atoms with Crippen LogP contribution in [0.1, 0.15) is 142 Å². The molecule has 3 spiro atoms. The molecule has 6 heterocycles. The molecule has 8 nitrogen and oxygen atoms in total. The molecule has 1 N–H and O–H groups in total. The Bertz CT molecular complexity index is 2210. The van der Waals surface area contributed by atoms with Crippen molar-refractivity contribution in [2.75, 3.05) is 19.8 Å². The Balaban J connectivity index is 0.736. The molecule has 8 heteroatoms. The number of aliphatic hydroxyl groups is 1. The van der Waals surface area contributed by atoms with E-state index in [1.54, 1.807) is 5.57 Å². The third-order valence-electron chi connectivity index (χ3n) is 23.8. The van der Waals surface area contributed by atoms with Gasteiger partial charge in [-0.15, -0.1) is 0 Å². The minimum atomic E-state index is -0.507. The highest BCUT2D eigenvalue weighted by molar-refractivity contribution is 5.44. The number of fused-ring (bicyclic) bond motifs is 13. The van der Waals surface area contributed by atoms with E-state index in [4.69, 9.17) is 33.7 Å². The molecule has 6 unspecified atom stereocenters. The highest BCUT2D eigenvalue weighted by Gasteiger charge is 2.80. The average molecular weight is 861 g/mol. The molecular weight excluding hydrogens is 785 g/mol. The normalized spacial score (nSPS) is 58.9. The van der Waals surface area contributed by atoms with Crippen molar-refractivity contribution in [2.24, 2.45) is 92.7 Å². The number of hydrogen-bond acceptors (Lipinski definition) is 8. The number of nitrogens with zero attached hydrogens (tertiary/aromatic N) is 2. The molecule has 0 bridgehead atoms. The van der Waals surface area contributed by atoms with E-state index in [0.717, 1.165) is 77.6 Å². The maximum absolute atomic E-state index is 12.5.